The third-order valence-corrected chi connectivity index (χ3v) is 2.86. The van der Waals surface area contributed by atoms with Crippen molar-refractivity contribution in [2.75, 3.05) is 0 Å². The summed E-state index contributed by atoms with van der Waals surface area (Å²) in [5, 5.41) is 3.22. The molecule has 1 heterocycles. The second-order valence-electron chi connectivity index (χ2n) is 4.70. The lowest BCUT2D eigenvalue weighted by Gasteiger charge is -2.19. The highest BCUT2D eigenvalue weighted by Crippen LogP contribution is 2.06. The first kappa shape index (κ1) is 13.8. The fourth-order valence-electron chi connectivity index (χ4n) is 1.95. The van der Waals surface area contributed by atoms with Gasteiger partial charge in [-0.15, -0.1) is 0 Å². The van der Waals surface area contributed by atoms with Gasteiger partial charge < -0.3 is 15.6 Å². The van der Waals surface area contributed by atoms with Crippen LogP contribution in [0.3, 0.4) is 0 Å². The summed E-state index contributed by atoms with van der Waals surface area (Å²) in [5.41, 5.74) is 6.56. The summed E-state index contributed by atoms with van der Waals surface area (Å²) in [7, 11) is 0. The van der Waals surface area contributed by atoms with E-state index in [1.54, 1.807) is 0 Å². The van der Waals surface area contributed by atoms with Gasteiger partial charge in [-0.1, -0.05) is 20.8 Å². The summed E-state index contributed by atoms with van der Waals surface area (Å²) < 4.78 is 2.20. The van der Waals surface area contributed by atoms with Crippen LogP contribution in [0.2, 0.25) is 0 Å². The average Bonchev–Trinajstić information content (AvgIpc) is 2.65. The first-order valence-electron chi connectivity index (χ1n) is 6.23. The molecule has 0 saturated heterocycles. The minimum Gasteiger partial charge on any atom is -0.368 e. The molecule has 0 aliphatic carbocycles. The Morgan fingerprint density at radius 1 is 1.53 bits per heavy atom. The van der Waals surface area contributed by atoms with Crippen molar-refractivity contribution < 1.29 is 4.79 Å². The molecule has 0 saturated carbocycles. The number of amides is 1. The van der Waals surface area contributed by atoms with E-state index in [9.17, 15) is 4.79 Å². The summed E-state index contributed by atoms with van der Waals surface area (Å²) in [6.07, 6.45) is 3.17. The Balaban J connectivity index is 2.59. The lowest BCUT2D eigenvalue weighted by Crippen LogP contribution is -2.44. The molecule has 3 N–H and O–H groups in total. The monoisotopic (exact) mass is 237 g/mol. The van der Waals surface area contributed by atoms with E-state index in [0.29, 0.717) is 6.54 Å². The number of hydrogen-bond acceptors (Lipinski definition) is 2. The van der Waals surface area contributed by atoms with Crippen molar-refractivity contribution >= 4 is 5.91 Å². The van der Waals surface area contributed by atoms with Crippen LogP contribution in [0, 0.1) is 5.92 Å². The highest BCUT2D eigenvalue weighted by atomic mass is 16.1. The fourth-order valence-corrected chi connectivity index (χ4v) is 1.95. The molecule has 0 bridgehead atoms. The zero-order valence-corrected chi connectivity index (χ0v) is 10.9. The van der Waals surface area contributed by atoms with Crippen LogP contribution < -0.4 is 11.1 Å². The SMILES string of the molecule is CCCn1cccc1CNC(C(N)=O)C(C)C. The molecule has 4 heteroatoms. The van der Waals surface area contributed by atoms with Crippen molar-refractivity contribution in [1.29, 1.82) is 0 Å². The summed E-state index contributed by atoms with van der Waals surface area (Å²) >= 11 is 0. The van der Waals surface area contributed by atoms with Crippen molar-refractivity contribution in [3.05, 3.63) is 24.0 Å². The Hall–Kier alpha value is -1.29. The van der Waals surface area contributed by atoms with E-state index >= 15 is 0 Å². The second kappa shape index (κ2) is 6.45. The normalized spacial score (nSPS) is 12.9. The molecule has 1 aromatic rings. The average molecular weight is 237 g/mol. The van der Waals surface area contributed by atoms with Crippen molar-refractivity contribution in [2.24, 2.45) is 11.7 Å². The predicted molar refractivity (Wildman–Crippen MR) is 69.4 cm³/mol. The van der Waals surface area contributed by atoms with Crippen LogP contribution in [0.4, 0.5) is 0 Å². The summed E-state index contributed by atoms with van der Waals surface area (Å²) in [4.78, 5) is 11.3. The van der Waals surface area contributed by atoms with E-state index in [1.807, 2.05) is 19.9 Å². The number of nitrogens with zero attached hydrogens (tertiary/aromatic N) is 1. The van der Waals surface area contributed by atoms with Crippen LogP contribution in [0.25, 0.3) is 0 Å². The van der Waals surface area contributed by atoms with E-state index in [4.69, 9.17) is 5.73 Å². The predicted octanol–water partition coefficient (Wildman–Crippen LogP) is 1.50. The largest absolute Gasteiger partial charge is 0.368 e. The fraction of sp³-hybridized carbons (Fsp3) is 0.615. The van der Waals surface area contributed by atoms with Gasteiger partial charge >= 0.3 is 0 Å². The van der Waals surface area contributed by atoms with Gasteiger partial charge in [0.25, 0.3) is 0 Å². The third kappa shape index (κ3) is 3.89. The number of aryl methyl sites for hydroxylation is 1. The molecule has 1 aromatic heterocycles. The Bertz CT molecular complexity index is 357. The van der Waals surface area contributed by atoms with Crippen molar-refractivity contribution in [1.82, 2.24) is 9.88 Å². The molecule has 0 fully saturated rings. The number of nitrogens with two attached hydrogens (primary N) is 1. The van der Waals surface area contributed by atoms with Crippen molar-refractivity contribution in [3.8, 4) is 0 Å². The molecule has 1 amide bonds. The maximum absolute atomic E-state index is 11.3. The number of carbonyl (C=O) groups is 1. The molecule has 1 atom stereocenters. The molecule has 4 nitrogen and oxygen atoms in total. The molecule has 0 radical (unpaired) electrons. The molecule has 0 spiro atoms. The van der Waals surface area contributed by atoms with E-state index < -0.39 is 0 Å². The lowest BCUT2D eigenvalue weighted by atomic mass is 10.0. The highest BCUT2D eigenvalue weighted by Gasteiger charge is 2.18. The number of hydrogen-bond donors (Lipinski definition) is 2. The number of primary amides is 1. The van der Waals surface area contributed by atoms with E-state index in [-0.39, 0.29) is 17.9 Å². The van der Waals surface area contributed by atoms with Crippen LogP contribution >= 0.6 is 0 Å². The number of nitrogens with one attached hydrogen (secondary N) is 1. The Morgan fingerprint density at radius 3 is 2.76 bits per heavy atom. The molecule has 1 unspecified atom stereocenters. The number of carbonyl (C=O) groups excluding carboxylic acids is 1. The maximum atomic E-state index is 11.3. The number of rotatable bonds is 7. The smallest absolute Gasteiger partial charge is 0.234 e. The Labute approximate surface area is 103 Å². The minimum atomic E-state index is -0.284. The van der Waals surface area contributed by atoms with Gasteiger partial charge in [0.2, 0.25) is 5.91 Å². The van der Waals surface area contributed by atoms with Gasteiger partial charge in [-0.3, -0.25) is 4.79 Å². The molecule has 0 aliphatic rings. The first-order chi connectivity index (χ1) is 8.06. The van der Waals surface area contributed by atoms with Gasteiger partial charge in [0, 0.05) is 25.0 Å². The van der Waals surface area contributed by atoms with Gasteiger partial charge in [-0.05, 0) is 24.5 Å². The van der Waals surface area contributed by atoms with E-state index in [0.717, 1.165) is 13.0 Å². The lowest BCUT2D eigenvalue weighted by molar-refractivity contribution is -0.121. The zero-order chi connectivity index (χ0) is 12.8. The number of aromatic nitrogens is 1. The molecule has 1 rings (SSSR count). The maximum Gasteiger partial charge on any atom is 0.234 e. The zero-order valence-electron chi connectivity index (χ0n) is 10.9. The topological polar surface area (TPSA) is 60.1 Å². The van der Waals surface area contributed by atoms with Crippen LogP contribution in [0.1, 0.15) is 32.9 Å². The summed E-state index contributed by atoms with van der Waals surface area (Å²) in [6.45, 7) is 7.82. The highest BCUT2D eigenvalue weighted by molar-refractivity contribution is 5.80. The molecule has 0 aromatic carbocycles. The van der Waals surface area contributed by atoms with Crippen molar-refractivity contribution in [3.63, 3.8) is 0 Å². The molecular formula is C13H23N3O. The minimum absolute atomic E-state index is 0.210. The van der Waals surface area contributed by atoms with Gasteiger partial charge in [0.15, 0.2) is 0 Å². The molecular weight excluding hydrogens is 214 g/mol. The Morgan fingerprint density at radius 2 is 2.24 bits per heavy atom. The first-order valence-corrected chi connectivity index (χ1v) is 6.23. The van der Waals surface area contributed by atoms with E-state index in [2.05, 4.69) is 29.1 Å². The van der Waals surface area contributed by atoms with Gasteiger partial charge in [-0.25, -0.2) is 0 Å². The molecule has 0 aliphatic heterocycles. The van der Waals surface area contributed by atoms with E-state index in [1.165, 1.54) is 5.69 Å². The van der Waals surface area contributed by atoms with Gasteiger partial charge in [0.1, 0.15) is 0 Å². The van der Waals surface area contributed by atoms with Crippen molar-refractivity contribution in [2.45, 2.75) is 46.3 Å². The quantitative estimate of drug-likeness (QED) is 0.755. The Kier molecular flexibility index (Phi) is 5.22. The van der Waals surface area contributed by atoms with Crippen LogP contribution in [0.5, 0.6) is 0 Å². The van der Waals surface area contributed by atoms with Crippen LogP contribution in [-0.4, -0.2) is 16.5 Å². The molecule has 17 heavy (non-hydrogen) atoms. The second-order valence-corrected chi connectivity index (χ2v) is 4.70. The van der Waals surface area contributed by atoms with Crippen LogP contribution in [-0.2, 0) is 17.9 Å². The summed E-state index contributed by atoms with van der Waals surface area (Å²) in [5.74, 6) is -0.0734. The standard InChI is InChI=1S/C13H23N3O/c1-4-7-16-8-5-6-11(16)9-15-12(10(2)3)13(14)17/h5-6,8,10,12,15H,4,7,9H2,1-3H3,(H2,14,17). The summed E-state index contributed by atoms with van der Waals surface area (Å²) in [6, 6.07) is 3.84. The van der Waals surface area contributed by atoms with Gasteiger partial charge in [-0.2, -0.15) is 0 Å². The molecule has 96 valence electrons. The van der Waals surface area contributed by atoms with Gasteiger partial charge in [0.05, 0.1) is 6.04 Å². The third-order valence-electron chi connectivity index (χ3n) is 2.86. The van der Waals surface area contributed by atoms with Crippen LogP contribution in [0.15, 0.2) is 18.3 Å².